The Balaban J connectivity index is 0.000000123. The van der Waals surface area contributed by atoms with Gasteiger partial charge in [0.15, 0.2) is 0 Å². The normalized spacial score (nSPS) is 13.8. The van der Waals surface area contributed by atoms with Crippen LogP contribution in [0.3, 0.4) is 0 Å². The molecule has 0 radical (unpaired) electrons. The smallest absolute Gasteiger partial charge is 0.0134 e. The van der Waals surface area contributed by atoms with Crippen LogP contribution >= 0.6 is 66.8 Å². The summed E-state index contributed by atoms with van der Waals surface area (Å²) in [5.41, 5.74) is 19.5. The minimum atomic E-state index is -0.446. The summed E-state index contributed by atoms with van der Waals surface area (Å²) >= 11 is 6.99. The van der Waals surface area contributed by atoms with Gasteiger partial charge in [-0.05, 0) is 190 Å². The number of benzene rings is 13. The molecule has 0 N–H and O–H groups in total. The van der Waals surface area contributed by atoms with Crippen LogP contribution in [-0.4, -0.2) is 18.3 Å². The zero-order valence-corrected chi connectivity index (χ0v) is 66.0. The van der Waals surface area contributed by atoms with E-state index in [2.05, 4.69) is 405 Å². The van der Waals surface area contributed by atoms with Crippen molar-refractivity contribution in [2.75, 3.05) is 0 Å². The number of rotatable bonds is 11. The Bertz CT molecular complexity index is 4530. The van der Waals surface area contributed by atoms with E-state index >= 15 is 0 Å². The van der Waals surface area contributed by atoms with Crippen molar-refractivity contribution in [2.45, 2.75) is 58.2 Å². The molecule has 1 saturated heterocycles. The summed E-state index contributed by atoms with van der Waals surface area (Å²) in [7, 11) is 8.53. The molecular weight excluding hydrogens is 1560 g/mol. The van der Waals surface area contributed by atoms with Gasteiger partial charge in [0.2, 0.25) is 0 Å². The number of hydrogen-bond acceptors (Lipinski definition) is 2. The molecule has 514 valence electrons. The summed E-state index contributed by atoms with van der Waals surface area (Å²) in [6, 6.07) is 125. The van der Waals surface area contributed by atoms with E-state index in [1.54, 1.807) is 0 Å². The fourth-order valence-electron chi connectivity index (χ4n) is 13.1. The predicted molar refractivity (Wildman–Crippen MR) is 451 cm³/mol. The van der Waals surface area contributed by atoms with Crippen molar-refractivity contribution in [3.05, 3.63) is 411 Å². The molecular formula is C93H79BBr2Cl2O2P2Pd. The standard InChI is InChI=1S/C30H22.2C18H15P.C15H19BO2.C12H8Br2.2ClH.Pd/c1-2-10-22-18-25(17-21(22)9-1)27-13-5-7-15-29(27)30-16-8-6-14-28(30)26-19-23-11-3-4-12-24(23)20-26;2*1-4-10-16(11-5-1)19(17-12-6-2-7-13-17)18-14-8-3-9-15-18;1-14(2)15(3,4)18-16(17-14)13-9-11-7-5-6-8-12(11)10-13;13-11-7-3-1-5-9(11)10-6-2-4-8-12(10)14;;;/h1-17,19H,18,20H2;2*1-15H;5-9H,10H2,1-4H3;1-8H;2*1H;/q;;;;;;;+2/p-2. The Morgan fingerprint density at radius 2 is 0.524 bits per heavy atom. The van der Waals surface area contributed by atoms with Crippen molar-refractivity contribution >= 4 is 135 Å². The topological polar surface area (TPSA) is 18.5 Å². The molecule has 0 unspecified atom stereocenters. The monoisotopic (exact) mass is 1630 g/mol. The Morgan fingerprint density at radius 3 is 0.806 bits per heavy atom. The van der Waals surface area contributed by atoms with Crippen LogP contribution in [0.1, 0.15) is 72.2 Å². The third-order valence-electron chi connectivity index (χ3n) is 18.8. The van der Waals surface area contributed by atoms with Crippen LogP contribution < -0.4 is 31.8 Å². The molecule has 0 amide bonds. The van der Waals surface area contributed by atoms with Gasteiger partial charge >= 0.3 is 42.1 Å². The molecule has 3 aliphatic carbocycles. The number of fused-ring (bicyclic) bond motifs is 3. The minimum absolute atomic E-state index is 0.106. The van der Waals surface area contributed by atoms with Gasteiger partial charge in [-0.1, -0.05) is 390 Å². The first-order chi connectivity index (χ1) is 50.4. The van der Waals surface area contributed by atoms with Crippen molar-refractivity contribution in [1.29, 1.82) is 0 Å². The Kier molecular flexibility index (Phi) is 26.7. The number of hydrogen-bond donors (Lipinski definition) is 0. The Morgan fingerprint density at radius 1 is 0.291 bits per heavy atom. The second-order valence-corrected chi connectivity index (χ2v) is 34.6. The van der Waals surface area contributed by atoms with Gasteiger partial charge < -0.3 is 9.31 Å². The molecule has 4 aliphatic rings. The summed E-state index contributed by atoms with van der Waals surface area (Å²) in [6.07, 6.45) is 9.88. The van der Waals surface area contributed by atoms with Gasteiger partial charge in [0.1, 0.15) is 0 Å². The molecule has 1 aliphatic heterocycles. The van der Waals surface area contributed by atoms with E-state index in [1.807, 2.05) is 24.3 Å². The molecule has 0 aromatic heterocycles. The van der Waals surface area contributed by atoms with Crippen LogP contribution in [0.4, 0.5) is 0 Å². The van der Waals surface area contributed by atoms with Crippen LogP contribution in [0.5, 0.6) is 0 Å². The summed E-state index contributed by atoms with van der Waals surface area (Å²) in [5, 5.41) is 8.39. The number of halogens is 4. The Hall–Kier alpha value is -7.87. The van der Waals surface area contributed by atoms with Crippen LogP contribution in [0.2, 0.25) is 0 Å². The van der Waals surface area contributed by atoms with Gasteiger partial charge in [-0.15, -0.1) is 0 Å². The first kappa shape index (κ1) is 74.8. The maximum atomic E-state index is 6.09. The number of allylic oxidation sites excluding steroid dienone is 3. The van der Waals surface area contributed by atoms with E-state index in [9.17, 15) is 0 Å². The van der Waals surface area contributed by atoms with Crippen LogP contribution in [0.25, 0.3) is 51.6 Å². The average molecular weight is 1640 g/mol. The largest absolute Gasteiger partial charge is 0.0622 e. The zero-order chi connectivity index (χ0) is 71.4. The van der Waals surface area contributed by atoms with Crippen LogP contribution in [0, 0.1) is 0 Å². The van der Waals surface area contributed by atoms with Crippen molar-refractivity contribution in [2.24, 2.45) is 0 Å². The van der Waals surface area contributed by atoms with Gasteiger partial charge in [0.25, 0.3) is 0 Å². The summed E-state index contributed by atoms with van der Waals surface area (Å²) in [5.74, 6) is 0. The van der Waals surface area contributed by atoms with E-state index < -0.39 is 15.8 Å². The van der Waals surface area contributed by atoms with E-state index in [1.165, 1.54) is 115 Å². The second kappa shape index (κ2) is 36.7. The van der Waals surface area contributed by atoms with E-state index in [0.29, 0.717) is 0 Å². The molecule has 0 spiro atoms. The third-order valence-corrected chi connectivity index (χ3v) is 25.1. The molecule has 0 bridgehead atoms. The molecule has 17 rings (SSSR count). The van der Waals surface area contributed by atoms with Gasteiger partial charge in [0.05, 0.1) is 11.2 Å². The quantitative estimate of drug-likeness (QED) is 0.0949. The summed E-state index contributed by atoms with van der Waals surface area (Å²) < 4.78 is 14.4. The first-order valence-electron chi connectivity index (χ1n) is 34.5. The van der Waals surface area contributed by atoms with Gasteiger partial charge in [-0.2, -0.15) is 0 Å². The van der Waals surface area contributed by atoms with Gasteiger partial charge in [-0.3, -0.25) is 0 Å². The maximum Gasteiger partial charge on any atom is -0.0134 e. The van der Waals surface area contributed by atoms with Crippen molar-refractivity contribution < 1.29 is 25.2 Å². The molecule has 13 aromatic rings. The summed E-state index contributed by atoms with van der Waals surface area (Å²) in [4.78, 5) is 0. The van der Waals surface area contributed by atoms with E-state index in [0.717, 1.165) is 28.2 Å². The first-order valence-corrected chi connectivity index (χ1v) is 42.8. The summed E-state index contributed by atoms with van der Waals surface area (Å²) in [6.45, 7) is 8.37. The molecule has 0 atom stereocenters. The van der Waals surface area contributed by atoms with Crippen LogP contribution in [0.15, 0.2) is 366 Å². The molecule has 1 heterocycles. The van der Waals surface area contributed by atoms with Crippen molar-refractivity contribution in [3.63, 3.8) is 0 Å². The van der Waals surface area contributed by atoms with E-state index in [-0.39, 0.29) is 34.3 Å². The second-order valence-electron chi connectivity index (χ2n) is 26.1. The molecule has 1 fully saturated rings. The minimum Gasteiger partial charge on any atom is -0.0622 e. The molecule has 2 nitrogen and oxygen atoms in total. The maximum absolute atomic E-state index is 6.09. The fraction of sp³-hybridized carbons (Fsp3) is 0.0968. The molecule has 0 saturated carbocycles. The van der Waals surface area contributed by atoms with Crippen molar-refractivity contribution in [3.8, 4) is 22.3 Å². The molecule has 13 aromatic carbocycles. The zero-order valence-electron chi connectivity index (χ0n) is 58.0. The van der Waals surface area contributed by atoms with Gasteiger partial charge in [-0.25, -0.2) is 0 Å². The Labute approximate surface area is 645 Å². The van der Waals surface area contributed by atoms with Gasteiger partial charge in [0, 0.05) is 8.95 Å². The van der Waals surface area contributed by atoms with Crippen molar-refractivity contribution in [1.82, 2.24) is 0 Å². The SMILES string of the molecule is Brc1ccccc1-c1ccccc1Br.C1=C(c2ccccc2-c2ccccc2C2=Cc3ccccc3C2)Cc2ccccc21.CC1(C)OB(C2=Cc3ccccc3C2)OC1(C)C.[Cl][Pd][Cl].c1ccc(P(c2ccccc2)c2ccccc2)cc1.c1ccc(P(c2ccccc2)c2ccccc2)cc1. The third kappa shape index (κ3) is 19.2. The molecule has 10 heteroatoms. The van der Waals surface area contributed by atoms with Crippen LogP contribution in [-0.2, 0) is 44.5 Å². The predicted octanol–water partition coefficient (Wildman–Crippen LogP) is 23.9. The van der Waals surface area contributed by atoms with E-state index in [4.69, 9.17) is 28.4 Å². The average Bonchev–Trinajstić information content (AvgIpc) is 1.66. The fourth-order valence-corrected chi connectivity index (χ4v) is 18.7. The molecule has 103 heavy (non-hydrogen) atoms.